The van der Waals surface area contributed by atoms with E-state index < -0.39 is 0 Å². The largest absolute Gasteiger partial charge is 0.486 e. The van der Waals surface area contributed by atoms with Crippen molar-refractivity contribution in [3.8, 4) is 5.75 Å². The lowest BCUT2D eigenvalue weighted by Crippen LogP contribution is -2.05. The lowest BCUT2D eigenvalue weighted by Gasteiger charge is -2.09. The van der Waals surface area contributed by atoms with Gasteiger partial charge in [-0.3, -0.25) is 9.48 Å². The van der Waals surface area contributed by atoms with E-state index in [0.717, 1.165) is 11.4 Å². The lowest BCUT2D eigenvalue weighted by atomic mass is 10.2. The van der Waals surface area contributed by atoms with Crippen molar-refractivity contribution in [1.82, 2.24) is 9.78 Å². The van der Waals surface area contributed by atoms with Crippen LogP contribution in [-0.4, -0.2) is 16.1 Å². The van der Waals surface area contributed by atoms with Crippen LogP contribution in [0.5, 0.6) is 5.75 Å². The number of carbonyl (C=O) groups excluding carboxylic acids is 1. The van der Waals surface area contributed by atoms with Crippen LogP contribution in [0.1, 0.15) is 21.7 Å². The third kappa shape index (κ3) is 2.74. The second kappa shape index (κ2) is 5.63. The third-order valence-corrected chi connectivity index (χ3v) is 3.58. The maximum absolute atomic E-state index is 11.0. The number of hydrogen-bond acceptors (Lipinski definition) is 3. The molecule has 0 saturated carbocycles. The highest BCUT2D eigenvalue weighted by molar-refractivity contribution is 6.33. The van der Waals surface area contributed by atoms with E-state index in [1.54, 1.807) is 29.9 Å². The Morgan fingerprint density at radius 2 is 2.16 bits per heavy atom. The summed E-state index contributed by atoms with van der Waals surface area (Å²) in [7, 11) is 1.79. The van der Waals surface area contributed by atoms with E-state index >= 15 is 0 Å². The average molecular weight is 299 g/mol. The van der Waals surface area contributed by atoms with Crippen LogP contribution in [0.25, 0.3) is 0 Å². The zero-order valence-corrected chi connectivity index (χ0v) is 12.0. The van der Waals surface area contributed by atoms with Gasteiger partial charge in [0.15, 0.2) is 6.29 Å². The maximum atomic E-state index is 11.0. The summed E-state index contributed by atoms with van der Waals surface area (Å²) < 4.78 is 7.26. The zero-order valence-electron chi connectivity index (χ0n) is 10.5. The number of aryl methyl sites for hydroxylation is 2. The molecule has 0 N–H and O–H groups in total. The quantitative estimate of drug-likeness (QED) is 0.812. The van der Waals surface area contributed by atoms with Crippen LogP contribution in [0.15, 0.2) is 18.2 Å². The first kappa shape index (κ1) is 13.9. The van der Waals surface area contributed by atoms with E-state index in [9.17, 15) is 4.79 Å². The number of carbonyl (C=O) groups is 1. The molecule has 0 atom stereocenters. The van der Waals surface area contributed by atoms with Crippen molar-refractivity contribution in [3.05, 3.63) is 45.2 Å². The highest BCUT2D eigenvalue weighted by atomic mass is 35.5. The molecule has 1 aromatic heterocycles. The fourth-order valence-corrected chi connectivity index (χ4v) is 2.17. The van der Waals surface area contributed by atoms with Crippen LogP contribution < -0.4 is 4.74 Å². The smallest absolute Gasteiger partial charge is 0.155 e. The van der Waals surface area contributed by atoms with Gasteiger partial charge in [-0.05, 0) is 19.1 Å². The molecule has 2 aromatic rings. The van der Waals surface area contributed by atoms with E-state index in [1.165, 1.54) is 0 Å². The van der Waals surface area contributed by atoms with Crippen molar-refractivity contribution in [2.75, 3.05) is 0 Å². The molecule has 1 aromatic carbocycles. The van der Waals surface area contributed by atoms with Crippen LogP contribution in [0, 0.1) is 6.92 Å². The number of hydrogen-bond donors (Lipinski definition) is 0. The summed E-state index contributed by atoms with van der Waals surface area (Å²) in [5.41, 5.74) is 1.82. The molecule has 2 rings (SSSR count). The summed E-state index contributed by atoms with van der Waals surface area (Å²) in [5.74, 6) is 0.428. The molecule has 0 aliphatic heterocycles. The normalized spacial score (nSPS) is 10.5. The first-order valence-electron chi connectivity index (χ1n) is 5.59. The van der Waals surface area contributed by atoms with E-state index in [-0.39, 0.29) is 6.61 Å². The molecule has 0 fully saturated rings. The number of rotatable bonds is 4. The second-order valence-corrected chi connectivity index (χ2v) is 4.81. The molecule has 19 heavy (non-hydrogen) atoms. The molecule has 0 saturated heterocycles. The Morgan fingerprint density at radius 3 is 2.74 bits per heavy atom. The Kier molecular flexibility index (Phi) is 4.12. The van der Waals surface area contributed by atoms with Crippen LogP contribution in [0.3, 0.4) is 0 Å². The zero-order chi connectivity index (χ0) is 14.0. The summed E-state index contributed by atoms with van der Waals surface area (Å²) in [4.78, 5) is 11.0. The molecule has 0 aliphatic rings. The van der Waals surface area contributed by atoms with Gasteiger partial charge < -0.3 is 4.74 Å². The Morgan fingerprint density at radius 1 is 1.42 bits per heavy atom. The van der Waals surface area contributed by atoms with Crippen LogP contribution in [-0.2, 0) is 13.7 Å². The minimum Gasteiger partial charge on any atom is -0.486 e. The Hall–Kier alpha value is -1.52. The van der Waals surface area contributed by atoms with Gasteiger partial charge in [-0.1, -0.05) is 29.3 Å². The molecular formula is C13H12Cl2N2O2. The molecule has 0 unspecified atom stereocenters. The summed E-state index contributed by atoms with van der Waals surface area (Å²) in [6, 6.07) is 5.05. The van der Waals surface area contributed by atoms with E-state index in [2.05, 4.69) is 5.10 Å². The van der Waals surface area contributed by atoms with Gasteiger partial charge in [0.05, 0.1) is 27.0 Å². The van der Waals surface area contributed by atoms with Gasteiger partial charge in [-0.2, -0.15) is 5.10 Å². The summed E-state index contributed by atoms with van der Waals surface area (Å²) in [6.45, 7) is 2.04. The molecule has 0 bridgehead atoms. The Bertz CT molecular complexity index is 623. The topological polar surface area (TPSA) is 44.1 Å². The molecule has 1 heterocycles. The standard InChI is InChI=1S/C13H12Cl2N2O2/c1-8-13(15)11(17(2)16-8)7-19-12-5-3-4-10(14)9(12)6-18/h3-6H,7H2,1-2H3. The van der Waals surface area contributed by atoms with E-state index in [4.69, 9.17) is 27.9 Å². The van der Waals surface area contributed by atoms with Crippen molar-refractivity contribution < 1.29 is 9.53 Å². The molecule has 0 radical (unpaired) electrons. The average Bonchev–Trinajstić information content (AvgIpc) is 2.61. The van der Waals surface area contributed by atoms with Crippen molar-refractivity contribution >= 4 is 29.5 Å². The molecular weight excluding hydrogens is 287 g/mol. The van der Waals surface area contributed by atoms with Gasteiger partial charge in [0.1, 0.15) is 12.4 Å². The van der Waals surface area contributed by atoms with Crippen LogP contribution >= 0.6 is 23.2 Å². The molecule has 0 amide bonds. The highest BCUT2D eigenvalue weighted by Gasteiger charge is 2.13. The first-order valence-corrected chi connectivity index (χ1v) is 6.34. The fraction of sp³-hybridized carbons (Fsp3) is 0.231. The van der Waals surface area contributed by atoms with Gasteiger partial charge >= 0.3 is 0 Å². The number of aldehydes is 1. The molecule has 6 heteroatoms. The Balaban J connectivity index is 2.24. The van der Waals surface area contributed by atoms with E-state index in [1.807, 2.05) is 6.92 Å². The number of nitrogens with zero attached hydrogens (tertiary/aromatic N) is 2. The predicted molar refractivity (Wildman–Crippen MR) is 74.1 cm³/mol. The molecule has 0 spiro atoms. The van der Waals surface area contributed by atoms with Gasteiger partial charge in [-0.25, -0.2) is 0 Å². The summed E-state index contributed by atoms with van der Waals surface area (Å²) in [5, 5.41) is 5.12. The third-order valence-electron chi connectivity index (χ3n) is 2.76. The summed E-state index contributed by atoms with van der Waals surface area (Å²) >= 11 is 12.0. The van der Waals surface area contributed by atoms with Crippen LogP contribution in [0.2, 0.25) is 10.0 Å². The predicted octanol–water partition coefficient (Wildman–Crippen LogP) is 3.43. The maximum Gasteiger partial charge on any atom is 0.155 e. The van der Waals surface area contributed by atoms with Gasteiger partial charge in [0.25, 0.3) is 0 Å². The monoisotopic (exact) mass is 298 g/mol. The number of benzene rings is 1. The highest BCUT2D eigenvalue weighted by Crippen LogP contribution is 2.26. The second-order valence-electron chi connectivity index (χ2n) is 4.03. The lowest BCUT2D eigenvalue weighted by molar-refractivity contribution is 0.111. The number of ether oxygens (including phenoxy) is 1. The van der Waals surface area contributed by atoms with E-state index in [0.29, 0.717) is 27.6 Å². The van der Waals surface area contributed by atoms with Gasteiger partial charge in [0.2, 0.25) is 0 Å². The Labute approximate surface area is 120 Å². The van der Waals surface area contributed by atoms with Crippen LogP contribution in [0.4, 0.5) is 0 Å². The van der Waals surface area contributed by atoms with Crippen molar-refractivity contribution in [2.45, 2.75) is 13.5 Å². The van der Waals surface area contributed by atoms with Crippen molar-refractivity contribution in [2.24, 2.45) is 7.05 Å². The molecule has 100 valence electrons. The first-order chi connectivity index (χ1) is 9.04. The number of aromatic nitrogens is 2. The molecule has 4 nitrogen and oxygen atoms in total. The SMILES string of the molecule is Cc1nn(C)c(COc2cccc(Cl)c2C=O)c1Cl. The minimum atomic E-state index is 0.220. The van der Waals surface area contributed by atoms with Gasteiger partial charge in [-0.15, -0.1) is 0 Å². The van der Waals surface area contributed by atoms with Crippen molar-refractivity contribution in [1.29, 1.82) is 0 Å². The van der Waals surface area contributed by atoms with Crippen molar-refractivity contribution in [3.63, 3.8) is 0 Å². The number of halogens is 2. The summed E-state index contributed by atoms with van der Waals surface area (Å²) in [6.07, 6.45) is 0.674. The molecule has 0 aliphatic carbocycles. The fourth-order valence-electron chi connectivity index (χ4n) is 1.74. The van der Waals surface area contributed by atoms with Gasteiger partial charge in [0, 0.05) is 7.05 Å². The minimum absolute atomic E-state index is 0.220.